The van der Waals surface area contributed by atoms with Crippen molar-refractivity contribution in [1.82, 2.24) is 10.1 Å². The first-order valence-corrected chi connectivity index (χ1v) is 13.2. The number of carbonyl (C=O) groups excluding carboxylic acids is 1. The van der Waals surface area contributed by atoms with E-state index in [2.05, 4.69) is 20.8 Å². The summed E-state index contributed by atoms with van der Waals surface area (Å²) in [6.45, 7) is 13.4. The summed E-state index contributed by atoms with van der Waals surface area (Å²) < 4.78 is 20.5. The molecule has 3 aliphatic rings. The Hall–Kier alpha value is -1.75. The van der Waals surface area contributed by atoms with E-state index in [1.165, 1.54) is 31.8 Å². The molecule has 1 aromatic carbocycles. The van der Waals surface area contributed by atoms with Gasteiger partial charge in [0.05, 0.1) is 43.9 Å². The van der Waals surface area contributed by atoms with Crippen molar-refractivity contribution in [3.63, 3.8) is 0 Å². The first-order valence-electron chi connectivity index (χ1n) is 12.9. The predicted molar refractivity (Wildman–Crippen MR) is 133 cm³/mol. The summed E-state index contributed by atoms with van der Waals surface area (Å²) in [7, 11) is 1.56. The van der Waals surface area contributed by atoms with Crippen molar-refractivity contribution in [3.05, 3.63) is 39.9 Å². The van der Waals surface area contributed by atoms with Crippen molar-refractivity contribution in [3.8, 4) is 0 Å². The minimum Gasteiger partial charge on any atom is -0.873 e. The Morgan fingerprint density at radius 3 is 2.36 bits per heavy atom. The summed E-state index contributed by atoms with van der Waals surface area (Å²) in [4.78, 5) is 26.2. The normalized spacial score (nSPS) is 22.1. The van der Waals surface area contributed by atoms with E-state index in [0.29, 0.717) is 44.5 Å². The van der Waals surface area contributed by atoms with Gasteiger partial charge in [-0.15, -0.1) is 0 Å². The lowest BCUT2D eigenvalue weighted by Gasteiger charge is -2.47. The van der Waals surface area contributed by atoms with E-state index in [1.54, 1.807) is 24.0 Å². The number of rotatable bonds is 7. The minimum atomic E-state index is -1.23. The van der Waals surface area contributed by atoms with Gasteiger partial charge in [0.1, 0.15) is 5.82 Å². The number of halogens is 2. The minimum absolute atomic E-state index is 0.0215. The molecule has 0 bridgehead atoms. The third-order valence-corrected chi connectivity index (χ3v) is 7.70. The number of nitrogens with zero attached hydrogens (tertiary/aromatic N) is 2. The van der Waals surface area contributed by atoms with Crippen LogP contribution < -0.4 is 10.0 Å². The molecule has 8 nitrogen and oxygen atoms in total. The highest BCUT2D eigenvalue weighted by atomic mass is 35.5. The molecular weight excluding hydrogens is 489 g/mol. The molecule has 1 aromatic rings. The van der Waals surface area contributed by atoms with Gasteiger partial charge in [-0.2, -0.15) is 5.06 Å². The SMILES string of the molecule is CC[NH+](CC)CC.CON1CCC2(CC1)C([O-])=C(c1c(Cl)ccc(C)c1F)C(=O)N2OC1CCCO1. The Balaban J connectivity index is 0.000000454. The van der Waals surface area contributed by atoms with Crippen LogP contribution in [0.1, 0.15) is 57.6 Å². The molecule has 1 amide bonds. The zero-order valence-electron chi connectivity index (χ0n) is 22.0. The first kappa shape index (κ1) is 28.8. The topological polar surface area (TPSA) is 78.7 Å². The highest BCUT2D eigenvalue weighted by molar-refractivity contribution is 6.35. The van der Waals surface area contributed by atoms with E-state index in [9.17, 15) is 14.3 Å². The Morgan fingerprint density at radius 2 is 1.86 bits per heavy atom. The van der Waals surface area contributed by atoms with Gasteiger partial charge in [-0.25, -0.2) is 14.3 Å². The van der Waals surface area contributed by atoms with E-state index < -0.39 is 29.3 Å². The molecule has 0 saturated carbocycles. The maximum Gasteiger partial charge on any atom is 0.278 e. The molecule has 1 N–H and O–H groups in total. The van der Waals surface area contributed by atoms with Crippen LogP contribution in [0.3, 0.4) is 0 Å². The summed E-state index contributed by atoms with van der Waals surface area (Å²) in [5.41, 5.74) is -1.35. The molecular formula is C26H39ClFN3O5. The standard InChI is InChI=1S/C20H24ClFN2O5.C6H15N/c1-12-5-6-13(21)15(17(12)22)16-18(25)20(7-9-23(27-2)10-8-20)24(19(16)26)29-14-4-3-11-28-14;1-4-7(5-2)6-3/h5-6,14,25H,3-4,7-11H2,1-2H3;4-6H2,1-3H3. The number of hydrogen-bond acceptors (Lipinski definition) is 6. The zero-order chi connectivity index (χ0) is 26.5. The Kier molecular flexibility index (Phi) is 10.1. The lowest BCUT2D eigenvalue weighted by Crippen LogP contribution is -3.11. The number of carbonyl (C=O) groups is 1. The van der Waals surface area contributed by atoms with E-state index in [1.807, 2.05) is 0 Å². The van der Waals surface area contributed by atoms with Crippen LogP contribution in [0.2, 0.25) is 5.02 Å². The number of nitrogens with one attached hydrogen (secondary N) is 1. The predicted octanol–water partition coefficient (Wildman–Crippen LogP) is 2.10. The second kappa shape index (κ2) is 12.7. The zero-order valence-corrected chi connectivity index (χ0v) is 22.8. The van der Waals surface area contributed by atoms with Crippen molar-refractivity contribution in [1.29, 1.82) is 0 Å². The molecule has 2 fully saturated rings. The fraction of sp³-hybridized carbons (Fsp3) is 0.654. The lowest BCUT2D eigenvalue weighted by atomic mass is 9.86. The number of hydroxylamine groups is 4. The van der Waals surface area contributed by atoms with Crippen LogP contribution in [-0.4, -0.2) is 74.3 Å². The maximum absolute atomic E-state index is 14.9. The van der Waals surface area contributed by atoms with E-state index in [4.69, 9.17) is 26.0 Å². The molecule has 10 heteroatoms. The highest BCUT2D eigenvalue weighted by Crippen LogP contribution is 2.46. The fourth-order valence-electron chi connectivity index (χ4n) is 4.94. The molecule has 0 aromatic heterocycles. The number of ether oxygens (including phenoxy) is 1. The second-order valence-corrected chi connectivity index (χ2v) is 9.77. The van der Waals surface area contributed by atoms with E-state index in [0.717, 1.165) is 11.5 Å². The van der Waals surface area contributed by atoms with Gasteiger partial charge in [0, 0.05) is 30.6 Å². The van der Waals surface area contributed by atoms with Gasteiger partial charge in [-0.1, -0.05) is 23.4 Å². The molecule has 0 aliphatic carbocycles. The summed E-state index contributed by atoms with van der Waals surface area (Å²) in [5.74, 6) is -1.82. The average molecular weight is 528 g/mol. The Morgan fingerprint density at radius 1 is 1.22 bits per heavy atom. The molecule has 2 saturated heterocycles. The van der Waals surface area contributed by atoms with Crippen LogP contribution in [0, 0.1) is 12.7 Å². The number of aryl methyl sites for hydroxylation is 1. The number of amides is 1. The highest BCUT2D eigenvalue weighted by Gasteiger charge is 2.52. The van der Waals surface area contributed by atoms with Gasteiger partial charge in [-0.3, -0.25) is 4.79 Å². The molecule has 36 heavy (non-hydrogen) atoms. The van der Waals surface area contributed by atoms with Crippen LogP contribution in [0.5, 0.6) is 0 Å². The summed E-state index contributed by atoms with van der Waals surface area (Å²) in [6, 6.07) is 3.01. The lowest BCUT2D eigenvalue weighted by molar-refractivity contribution is -0.894. The molecule has 0 radical (unpaired) electrons. The van der Waals surface area contributed by atoms with Crippen LogP contribution in [0.15, 0.2) is 17.9 Å². The molecule has 1 unspecified atom stereocenters. The van der Waals surface area contributed by atoms with Crippen molar-refractivity contribution in [2.24, 2.45) is 0 Å². The van der Waals surface area contributed by atoms with Gasteiger partial charge in [0.25, 0.3) is 5.91 Å². The van der Waals surface area contributed by atoms with Crippen LogP contribution >= 0.6 is 11.6 Å². The van der Waals surface area contributed by atoms with Crippen LogP contribution in [0.25, 0.3) is 5.57 Å². The largest absolute Gasteiger partial charge is 0.873 e. The summed E-state index contributed by atoms with van der Waals surface area (Å²) >= 11 is 6.23. The monoisotopic (exact) mass is 527 g/mol. The third kappa shape index (κ3) is 5.71. The fourth-order valence-corrected chi connectivity index (χ4v) is 5.18. The summed E-state index contributed by atoms with van der Waals surface area (Å²) in [5, 5.41) is 16.4. The van der Waals surface area contributed by atoms with Crippen molar-refractivity contribution in [2.75, 3.05) is 46.4 Å². The van der Waals surface area contributed by atoms with Crippen molar-refractivity contribution >= 4 is 23.1 Å². The average Bonchev–Trinajstić information content (AvgIpc) is 3.47. The molecule has 3 aliphatic heterocycles. The van der Waals surface area contributed by atoms with Crippen molar-refractivity contribution in [2.45, 2.75) is 65.2 Å². The maximum atomic E-state index is 14.9. The van der Waals surface area contributed by atoms with Gasteiger partial charge >= 0.3 is 0 Å². The quantitative estimate of drug-likeness (QED) is 0.585. The second-order valence-electron chi connectivity index (χ2n) is 9.36. The third-order valence-electron chi connectivity index (χ3n) is 7.39. The van der Waals surface area contributed by atoms with E-state index >= 15 is 0 Å². The number of piperidine rings is 1. The molecule has 4 rings (SSSR count). The first-order chi connectivity index (χ1) is 17.2. The molecule has 1 spiro atoms. The van der Waals surface area contributed by atoms with Gasteiger partial charge in [0.2, 0.25) is 0 Å². The van der Waals surface area contributed by atoms with Crippen molar-refractivity contribution < 1.29 is 33.6 Å². The molecule has 202 valence electrons. The van der Waals surface area contributed by atoms with E-state index in [-0.39, 0.29) is 16.2 Å². The Labute approximate surface area is 218 Å². The van der Waals surface area contributed by atoms with Crippen LogP contribution in [0.4, 0.5) is 4.39 Å². The smallest absolute Gasteiger partial charge is 0.278 e. The number of benzene rings is 1. The molecule has 3 heterocycles. The number of quaternary nitrogens is 1. The molecule has 1 atom stereocenters. The summed E-state index contributed by atoms with van der Waals surface area (Å²) in [6.07, 6.45) is 1.41. The van der Waals surface area contributed by atoms with Gasteiger partial charge in [-0.05, 0) is 58.6 Å². The number of hydrogen-bond donors (Lipinski definition) is 1. The van der Waals surface area contributed by atoms with Gasteiger partial charge in [0.15, 0.2) is 6.29 Å². The van der Waals surface area contributed by atoms with Crippen LogP contribution in [-0.2, 0) is 19.2 Å². The Bertz CT molecular complexity index is 936. The van der Waals surface area contributed by atoms with Gasteiger partial charge < -0.3 is 19.6 Å².